The van der Waals surface area contributed by atoms with Gasteiger partial charge < -0.3 is 23.8 Å². The molecule has 1 N–H and O–H groups in total. The number of aryl methyl sites for hydroxylation is 2. The molecule has 0 radical (unpaired) electrons. The quantitative estimate of drug-likeness (QED) is 0.413. The Morgan fingerprint density at radius 2 is 1.61 bits per heavy atom. The van der Waals surface area contributed by atoms with Crippen LogP contribution in [0.15, 0.2) is 47.4 Å². The molecule has 3 aromatic rings. The maximum absolute atomic E-state index is 13.3. The molecular formula is C33H37N5O6. The number of amides is 3. The van der Waals surface area contributed by atoms with Crippen molar-refractivity contribution in [2.24, 2.45) is 7.05 Å². The van der Waals surface area contributed by atoms with Gasteiger partial charge in [-0.25, -0.2) is 0 Å². The van der Waals surface area contributed by atoms with Gasteiger partial charge in [-0.2, -0.15) is 0 Å². The highest BCUT2D eigenvalue weighted by atomic mass is 16.5. The van der Waals surface area contributed by atoms with Crippen LogP contribution in [0.2, 0.25) is 0 Å². The molecule has 1 unspecified atom stereocenters. The van der Waals surface area contributed by atoms with Crippen LogP contribution in [0, 0.1) is 6.92 Å². The van der Waals surface area contributed by atoms with Crippen LogP contribution in [-0.4, -0.2) is 78.5 Å². The predicted molar refractivity (Wildman–Crippen MR) is 165 cm³/mol. The van der Waals surface area contributed by atoms with Crippen LogP contribution in [0.5, 0.6) is 11.5 Å². The molecule has 0 saturated carbocycles. The summed E-state index contributed by atoms with van der Waals surface area (Å²) in [4.78, 5) is 55.7. The summed E-state index contributed by atoms with van der Waals surface area (Å²) in [6, 6.07) is 11.2. The SMILES string of the molecule is COc1cc(-c2cc(C)c(=O)n(C)c2)cc(OC)c1CN1CCN(c2ccc3c(c2)C(=O)N(C2CCC(=O)NC2=O)C3)CC1. The third-order valence-corrected chi connectivity index (χ3v) is 8.93. The molecule has 3 aliphatic rings. The Balaban J connectivity index is 1.14. The number of carbonyl (C=O) groups excluding carboxylic acids is 3. The molecular weight excluding hydrogens is 562 g/mol. The molecule has 0 aliphatic carbocycles. The standard InChI is InChI=1S/C33H37N5O6/c1-20-13-23(17-35(2)32(20)41)22-14-28(43-3)26(29(15-22)44-4)19-36-9-11-37(12-10-36)24-6-5-21-18-38(33(42)25(21)16-24)27-7-8-30(39)34-31(27)40/h5-6,13-17,27H,7-12,18-19H2,1-4H3,(H,34,39,40). The molecule has 11 heteroatoms. The monoisotopic (exact) mass is 599 g/mol. The number of pyridine rings is 1. The van der Waals surface area contributed by atoms with Gasteiger partial charge in [0.15, 0.2) is 0 Å². The summed E-state index contributed by atoms with van der Waals surface area (Å²) in [5.74, 6) is 0.605. The number of nitrogens with zero attached hydrogens (tertiary/aromatic N) is 4. The maximum Gasteiger partial charge on any atom is 0.255 e. The molecule has 6 rings (SSSR count). The molecule has 11 nitrogen and oxygen atoms in total. The van der Waals surface area contributed by atoms with Crippen LogP contribution in [0.3, 0.4) is 0 Å². The van der Waals surface area contributed by atoms with Gasteiger partial charge in [-0.15, -0.1) is 0 Å². The van der Waals surface area contributed by atoms with Gasteiger partial charge >= 0.3 is 0 Å². The highest BCUT2D eigenvalue weighted by Gasteiger charge is 2.39. The van der Waals surface area contributed by atoms with Crippen LogP contribution in [0.1, 0.15) is 39.9 Å². The molecule has 0 bridgehead atoms. The summed E-state index contributed by atoms with van der Waals surface area (Å²) in [6.45, 7) is 6.01. The first-order chi connectivity index (χ1) is 21.2. The zero-order valence-corrected chi connectivity index (χ0v) is 25.5. The van der Waals surface area contributed by atoms with Crippen molar-refractivity contribution in [3.8, 4) is 22.6 Å². The van der Waals surface area contributed by atoms with Gasteiger partial charge in [0.2, 0.25) is 11.8 Å². The summed E-state index contributed by atoms with van der Waals surface area (Å²) in [5.41, 5.74) is 5.94. The highest BCUT2D eigenvalue weighted by molar-refractivity contribution is 6.05. The summed E-state index contributed by atoms with van der Waals surface area (Å²) in [5, 5.41) is 2.36. The number of benzene rings is 2. The van der Waals surface area contributed by atoms with E-state index in [2.05, 4.69) is 15.1 Å². The van der Waals surface area contributed by atoms with Gasteiger partial charge in [-0.05, 0) is 60.4 Å². The van der Waals surface area contributed by atoms with Crippen molar-refractivity contribution in [1.82, 2.24) is 19.7 Å². The number of ether oxygens (including phenoxy) is 2. The van der Waals surface area contributed by atoms with Crippen molar-refractivity contribution in [2.45, 2.75) is 38.9 Å². The van der Waals surface area contributed by atoms with Crippen LogP contribution in [0.4, 0.5) is 5.69 Å². The minimum atomic E-state index is -0.617. The molecule has 0 spiro atoms. The molecule has 2 saturated heterocycles. The number of nitrogens with one attached hydrogen (secondary N) is 1. The van der Waals surface area contributed by atoms with Crippen molar-refractivity contribution < 1.29 is 23.9 Å². The van der Waals surface area contributed by atoms with E-state index in [-0.39, 0.29) is 23.8 Å². The molecule has 3 aliphatic heterocycles. The number of fused-ring (bicyclic) bond motifs is 1. The third-order valence-electron chi connectivity index (χ3n) is 8.93. The van der Waals surface area contributed by atoms with E-state index in [4.69, 9.17) is 9.47 Å². The zero-order valence-electron chi connectivity index (χ0n) is 25.5. The molecule has 4 heterocycles. The number of methoxy groups -OCH3 is 2. The Bertz CT molecular complexity index is 1660. The number of aromatic nitrogens is 1. The normalized spacial score (nSPS) is 18.8. The van der Waals surface area contributed by atoms with Gasteiger partial charge in [0.1, 0.15) is 17.5 Å². The van der Waals surface area contributed by atoms with Crippen LogP contribution >= 0.6 is 0 Å². The Morgan fingerprint density at radius 1 is 0.909 bits per heavy atom. The Morgan fingerprint density at radius 3 is 2.25 bits per heavy atom. The second-order valence-electron chi connectivity index (χ2n) is 11.7. The van der Waals surface area contributed by atoms with Crippen LogP contribution in [0.25, 0.3) is 11.1 Å². The van der Waals surface area contributed by atoms with E-state index in [9.17, 15) is 19.2 Å². The summed E-state index contributed by atoms with van der Waals surface area (Å²) in [6.07, 6.45) is 2.41. The molecule has 230 valence electrons. The van der Waals surface area contributed by atoms with Crippen molar-refractivity contribution in [3.05, 3.63) is 75.2 Å². The maximum atomic E-state index is 13.3. The number of imide groups is 1. The summed E-state index contributed by atoms with van der Waals surface area (Å²) in [7, 11) is 5.06. The number of piperazine rings is 1. The van der Waals surface area contributed by atoms with E-state index in [1.54, 1.807) is 30.7 Å². The summed E-state index contributed by atoms with van der Waals surface area (Å²) >= 11 is 0. The largest absolute Gasteiger partial charge is 0.496 e. The highest BCUT2D eigenvalue weighted by Crippen LogP contribution is 2.37. The second-order valence-corrected chi connectivity index (χ2v) is 11.7. The average Bonchev–Trinajstić information content (AvgIpc) is 3.35. The van der Waals surface area contributed by atoms with Crippen LogP contribution < -0.4 is 25.2 Å². The topological polar surface area (TPSA) is 113 Å². The minimum absolute atomic E-state index is 0.0240. The van der Waals surface area contributed by atoms with Gasteiger partial charge in [-0.3, -0.25) is 29.4 Å². The number of rotatable bonds is 7. The number of hydrogen-bond acceptors (Lipinski definition) is 8. The third kappa shape index (κ3) is 5.43. The molecule has 1 atom stereocenters. The number of carbonyl (C=O) groups is 3. The lowest BCUT2D eigenvalue weighted by Crippen LogP contribution is -2.52. The van der Waals surface area contributed by atoms with Crippen molar-refractivity contribution in [2.75, 3.05) is 45.3 Å². The lowest BCUT2D eigenvalue weighted by molar-refractivity contribution is -0.136. The van der Waals surface area contributed by atoms with E-state index in [1.165, 1.54) is 0 Å². The molecule has 2 aromatic carbocycles. The number of piperidine rings is 1. The van der Waals surface area contributed by atoms with Gasteiger partial charge in [0, 0.05) is 75.7 Å². The van der Waals surface area contributed by atoms with Crippen molar-refractivity contribution in [3.63, 3.8) is 0 Å². The van der Waals surface area contributed by atoms with Crippen molar-refractivity contribution in [1.29, 1.82) is 0 Å². The van der Waals surface area contributed by atoms with E-state index >= 15 is 0 Å². The fourth-order valence-electron chi connectivity index (χ4n) is 6.47. The van der Waals surface area contributed by atoms with E-state index < -0.39 is 11.9 Å². The van der Waals surface area contributed by atoms with E-state index in [1.807, 2.05) is 49.5 Å². The lowest BCUT2D eigenvalue weighted by atomic mass is 10.0. The first kappa shape index (κ1) is 29.4. The molecule has 3 amide bonds. The molecule has 2 fully saturated rings. The average molecular weight is 600 g/mol. The fourth-order valence-corrected chi connectivity index (χ4v) is 6.47. The Hall–Kier alpha value is -4.64. The summed E-state index contributed by atoms with van der Waals surface area (Å²) < 4.78 is 13.2. The Kier molecular flexibility index (Phi) is 7.89. The second kappa shape index (κ2) is 11.8. The first-order valence-electron chi connectivity index (χ1n) is 14.8. The molecule has 1 aromatic heterocycles. The van der Waals surface area contributed by atoms with Crippen LogP contribution in [-0.2, 0) is 29.7 Å². The zero-order chi connectivity index (χ0) is 31.1. The number of hydrogen-bond donors (Lipinski definition) is 1. The molecule has 44 heavy (non-hydrogen) atoms. The van der Waals surface area contributed by atoms with E-state index in [0.29, 0.717) is 30.6 Å². The van der Waals surface area contributed by atoms with E-state index in [0.717, 1.165) is 65.6 Å². The Labute approximate surface area is 255 Å². The minimum Gasteiger partial charge on any atom is -0.496 e. The number of anilines is 1. The van der Waals surface area contributed by atoms with Gasteiger partial charge in [0.25, 0.3) is 11.5 Å². The van der Waals surface area contributed by atoms with Crippen molar-refractivity contribution >= 4 is 23.4 Å². The first-order valence-corrected chi connectivity index (χ1v) is 14.8. The smallest absolute Gasteiger partial charge is 0.255 e. The lowest BCUT2D eigenvalue weighted by Gasteiger charge is -2.36. The fraction of sp³-hybridized carbons (Fsp3) is 0.394. The van der Waals surface area contributed by atoms with Gasteiger partial charge in [0.05, 0.1) is 19.8 Å². The van der Waals surface area contributed by atoms with Gasteiger partial charge in [-0.1, -0.05) is 6.07 Å². The predicted octanol–water partition coefficient (Wildman–Crippen LogP) is 2.46.